The molecule has 4 rings (SSSR count). The lowest BCUT2D eigenvalue weighted by atomic mass is 10.1. The van der Waals surface area contributed by atoms with E-state index < -0.39 is 30.8 Å². The summed E-state index contributed by atoms with van der Waals surface area (Å²) >= 11 is 0. The summed E-state index contributed by atoms with van der Waals surface area (Å²) in [6, 6.07) is 18.9. The van der Waals surface area contributed by atoms with Gasteiger partial charge in [-0.05, 0) is 30.3 Å². The third-order valence-electron chi connectivity index (χ3n) is 4.83. The molecule has 0 spiro atoms. The van der Waals surface area contributed by atoms with E-state index in [0.29, 0.717) is 22.6 Å². The molecule has 0 fully saturated rings. The number of amides is 3. The summed E-state index contributed by atoms with van der Waals surface area (Å²) in [5.74, 6) is -1.56. The smallest absolute Gasteiger partial charge is 0.247 e. The van der Waals surface area contributed by atoms with Crippen molar-refractivity contribution in [2.75, 3.05) is 13.1 Å². The van der Waals surface area contributed by atoms with E-state index in [4.69, 9.17) is 15.9 Å². The minimum atomic E-state index is -0.752. The van der Waals surface area contributed by atoms with Crippen molar-refractivity contribution in [3.8, 4) is 17.1 Å². The molecule has 2 heterocycles. The normalized spacial score (nSPS) is 11.2. The maximum Gasteiger partial charge on any atom is 0.247 e. The predicted molar refractivity (Wildman–Crippen MR) is 123 cm³/mol. The highest BCUT2D eigenvalue weighted by molar-refractivity contribution is 5.97. The molecule has 0 unspecified atom stereocenters. The second-order valence-corrected chi connectivity index (χ2v) is 7.32. The number of nitrogens with two attached hydrogens (primary N) is 2. The van der Waals surface area contributed by atoms with E-state index in [-0.39, 0.29) is 0 Å². The molecular weight excluding hydrogens is 422 g/mol. The maximum atomic E-state index is 12.6. The van der Waals surface area contributed by atoms with Crippen LogP contribution in [0.5, 0.6) is 0 Å². The number of rotatable bonds is 8. The fourth-order valence-corrected chi connectivity index (χ4v) is 3.37. The van der Waals surface area contributed by atoms with Gasteiger partial charge in [-0.3, -0.25) is 14.4 Å². The van der Waals surface area contributed by atoms with Crippen molar-refractivity contribution in [1.29, 1.82) is 0 Å². The number of fused-ring (bicyclic) bond motifs is 1. The Hall–Kier alpha value is -4.66. The lowest BCUT2D eigenvalue weighted by molar-refractivity contribution is -0.134. The van der Waals surface area contributed by atoms with Crippen LogP contribution < -0.4 is 11.5 Å². The molecule has 33 heavy (non-hydrogen) atoms. The number of aromatic nitrogens is 2. The Morgan fingerprint density at radius 2 is 1.64 bits per heavy atom. The zero-order valence-electron chi connectivity index (χ0n) is 17.5. The molecule has 9 nitrogen and oxygen atoms in total. The van der Waals surface area contributed by atoms with E-state index in [1.54, 1.807) is 17.0 Å². The summed E-state index contributed by atoms with van der Waals surface area (Å²) in [4.78, 5) is 36.2. The van der Waals surface area contributed by atoms with Crippen molar-refractivity contribution >= 4 is 34.8 Å². The topological polar surface area (TPSA) is 137 Å². The van der Waals surface area contributed by atoms with Crippen molar-refractivity contribution in [3.63, 3.8) is 0 Å². The molecule has 4 N–H and O–H groups in total. The van der Waals surface area contributed by atoms with Gasteiger partial charge in [-0.2, -0.15) is 5.10 Å². The van der Waals surface area contributed by atoms with Crippen LogP contribution in [0, 0.1) is 0 Å². The predicted octanol–water partition coefficient (Wildman–Crippen LogP) is 2.10. The van der Waals surface area contributed by atoms with Gasteiger partial charge in [0.1, 0.15) is 24.4 Å². The summed E-state index contributed by atoms with van der Waals surface area (Å²) in [6.07, 6.45) is 4.55. The third kappa shape index (κ3) is 4.99. The van der Waals surface area contributed by atoms with Crippen LogP contribution in [0.3, 0.4) is 0 Å². The number of carbonyl (C=O) groups is 3. The largest absolute Gasteiger partial charge is 0.454 e. The van der Waals surface area contributed by atoms with Crippen LogP contribution in [0.15, 0.2) is 77.4 Å². The SMILES string of the molecule is NC(=O)CN(CC(N)=O)C(=O)C=Cc1cn(-c2ccccc2)nc1-c1cc2ccccc2o1. The van der Waals surface area contributed by atoms with Gasteiger partial charge in [-0.15, -0.1) is 0 Å². The molecule has 0 saturated heterocycles. The molecule has 0 atom stereocenters. The summed E-state index contributed by atoms with van der Waals surface area (Å²) in [5.41, 5.74) is 13.0. The molecule has 0 aliphatic heterocycles. The lowest BCUT2D eigenvalue weighted by Gasteiger charge is -2.17. The quantitative estimate of drug-likeness (QED) is 0.402. The number of primary amides is 2. The number of hydrogen-bond acceptors (Lipinski definition) is 5. The van der Waals surface area contributed by atoms with Crippen LogP contribution in [-0.4, -0.2) is 45.5 Å². The molecule has 3 amide bonds. The second kappa shape index (κ2) is 9.23. The first-order valence-corrected chi connectivity index (χ1v) is 10.1. The molecule has 2 aromatic heterocycles. The Balaban J connectivity index is 1.73. The molecule has 4 aromatic rings. The van der Waals surface area contributed by atoms with Crippen molar-refractivity contribution in [1.82, 2.24) is 14.7 Å². The zero-order chi connectivity index (χ0) is 23.4. The molecule has 166 valence electrons. The highest BCUT2D eigenvalue weighted by Gasteiger charge is 2.18. The minimum Gasteiger partial charge on any atom is -0.454 e. The lowest BCUT2D eigenvalue weighted by Crippen LogP contribution is -2.42. The first-order valence-electron chi connectivity index (χ1n) is 10.1. The average molecular weight is 443 g/mol. The molecule has 0 aliphatic rings. The molecule has 0 saturated carbocycles. The van der Waals surface area contributed by atoms with Gasteiger partial charge in [-0.25, -0.2) is 4.68 Å². The second-order valence-electron chi connectivity index (χ2n) is 7.32. The Morgan fingerprint density at radius 3 is 2.30 bits per heavy atom. The summed E-state index contributed by atoms with van der Waals surface area (Å²) in [6.45, 7) is -0.850. The monoisotopic (exact) mass is 443 g/mol. The number of benzene rings is 2. The molecule has 9 heteroatoms. The number of nitrogens with zero attached hydrogens (tertiary/aromatic N) is 3. The first-order chi connectivity index (χ1) is 15.9. The maximum absolute atomic E-state index is 12.6. The summed E-state index contributed by atoms with van der Waals surface area (Å²) in [7, 11) is 0. The standard InChI is InChI=1S/C24H21N5O4/c25-21(30)14-28(15-22(26)31)23(32)11-10-17-13-29(18-7-2-1-3-8-18)27-24(17)20-12-16-6-4-5-9-19(16)33-20/h1-13H,14-15H2,(H2,25,30)(H2,26,31). The Morgan fingerprint density at radius 1 is 0.970 bits per heavy atom. The van der Waals surface area contributed by atoms with Crippen LogP contribution >= 0.6 is 0 Å². The molecule has 0 aliphatic carbocycles. The van der Waals surface area contributed by atoms with E-state index in [1.807, 2.05) is 60.7 Å². The van der Waals surface area contributed by atoms with Gasteiger partial charge in [0.15, 0.2) is 5.76 Å². The molecule has 0 radical (unpaired) electrons. The Bertz CT molecular complexity index is 1300. The van der Waals surface area contributed by atoms with Crippen LogP contribution in [0.2, 0.25) is 0 Å². The van der Waals surface area contributed by atoms with Gasteiger partial charge in [0.25, 0.3) is 0 Å². The number of para-hydroxylation sites is 2. The zero-order valence-corrected chi connectivity index (χ0v) is 17.5. The van der Waals surface area contributed by atoms with Crippen LogP contribution in [-0.2, 0) is 14.4 Å². The van der Waals surface area contributed by atoms with E-state index in [0.717, 1.165) is 16.0 Å². The fraction of sp³-hybridized carbons (Fsp3) is 0.0833. The number of hydrogen-bond donors (Lipinski definition) is 2. The van der Waals surface area contributed by atoms with Crippen molar-refractivity contribution < 1.29 is 18.8 Å². The highest BCUT2D eigenvalue weighted by atomic mass is 16.3. The van der Waals surface area contributed by atoms with Gasteiger partial charge in [0.05, 0.1) is 5.69 Å². The first kappa shape index (κ1) is 21.6. The van der Waals surface area contributed by atoms with Gasteiger partial charge in [0, 0.05) is 23.2 Å². The van der Waals surface area contributed by atoms with Gasteiger partial charge < -0.3 is 20.8 Å². The highest BCUT2D eigenvalue weighted by Crippen LogP contribution is 2.30. The van der Waals surface area contributed by atoms with Crippen LogP contribution in [0.25, 0.3) is 34.2 Å². The van der Waals surface area contributed by atoms with Crippen molar-refractivity contribution in [2.24, 2.45) is 11.5 Å². The minimum absolute atomic E-state index is 0.425. The summed E-state index contributed by atoms with van der Waals surface area (Å²) in [5, 5.41) is 5.58. The third-order valence-corrected chi connectivity index (χ3v) is 4.83. The van der Waals surface area contributed by atoms with Crippen LogP contribution in [0.4, 0.5) is 0 Å². The Kier molecular flexibility index (Phi) is 6.03. The summed E-state index contributed by atoms with van der Waals surface area (Å²) < 4.78 is 7.65. The molecular formula is C24H21N5O4. The van der Waals surface area contributed by atoms with E-state index in [1.165, 1.54) is 6.08 Å². The van der Waals surface area contributed by atoms with E-state index >= 15 is 0 Å². The van der Waals surface area contributed by atoms with E-state index in [2.05, 4.69) is 5.10 Å². The fourth-order valence-electron chi connectivity index (χ4n) is 3.37. The van der Waals surface area contributed by atoms with Gasteiger partial charge in [-0.1, -0.05) is 36.4 Å². The van der Waals surface area contributed by atoms with Gasteiger partial charge in [0.2, 0.25) is 17.7 Å². The van der Waals surface area contributed by atoms with Crippen molar-refractivity contribution in [3.05, 3.63) is 78.5 Å². The molecule has 0 bridgehead atoms. The van der Waals surface area contributed by atoms with Crippen molar-refractivity contribution in [2.45, 2.75) is 0 Å². The average Bonchev–Trinajstić information content (AvgIpc) is 3.41. The van der Waals surface area contributed by atoms with Gasteiger partial charge >= 0.3 is 0 Å². The van der Waals surface area contributed by atoms with Crippen LogP contribution in [0.1, 0.15) is 5.56 Å². The molecule has 2 aromatic carbocycles. The number of furan rings is 1. The Labute approximate surface area is 188 Å². The number of carbonyl (C=O) groups excluding carboxylic acids is 3. The van der Waals surface area contributed by atoms with E-state index in [9.17, 15) is 14.4 Å².